The van der Waals surface area contributed by atoms with Gasteiger partial charge in [0.25, 0.3) is 0 Å². The van der Waals surface area contributed by atoms with E-state index in [1.54, 1.807) is 11.3 Å². The molecule has 0 bridgehead atoms. The van der Waals surface area contributed by atoms with Gasteiger partial charge in [0.2, 0.25) is 5.91 Å². The maximum absolute atomic E-state index is 12.1. The quantitative estimate of drug-likeness (QED) is 0.716. The van der Waals surface area contributed by atoms with Crippen LogP contribution >= 0.6 is 11.3 Å². The van der Waals surface area contributed by atoms with Crippen molar-refractivity contribution >= 4 is 17.2 Å². The van der Waals surface area contributed by atoms with Crippen LogP contribution < -0.4 is 5.32 Å². The molecule has 3 aromatic rings. The first-order valence-electron chi connectivity index (χ1n) is 7.69. The van der Waals surface area contributed by atoms with E-state index >= 15 is 0 Å². The second-order valence-electron chi connectivity index (χ2n) is 5.53. The molecule has 2 nitrogen and oxygen atoms in total. The number of carbonyl (C=O) groups excluding carboxylic acids is 1. The number of thiophene rings is 1. The van der Waals surface area contributed by atoms with Crippen molar-refractivity contribution in [2.45, 2.75) is 19.4 Å². The SMILES string of the molecule is C[C@@H](NC(=O)Cc1cccs1)c1ccc(-c2ccccc2)cc1. The molecule has 0 saturated carbocycles. The fraction of sp³-hybridized carbons (Fsp3) is 0.150. The maximum atomic E-state index is 12.1. The lowest BCUT2D eigenvalue weighted by molar-refractivity contribution is -0.121. The molecule has 1 atom stereocenters. The third-order valence-electron chi connectivity index (χ3n) is 3.81. The van der Waals surface area contributed by atoms with Crippen molar-refractivity contribution in [1.82, 2.24) is 5.32 Å². The summed E-state index contributed by atoms with van der Waals surface area (Å²) in [6, 6.07) is 22.6. The lowest BCUT2D eigenvalue weighted by Gasteiger charge is -2.14. The van der Waals surface area contributed by atoms with Crippen molar-refractivity contribution in [2.24, 2.45) is 0 Å². The molecule has 2 aromatic carbocycles. The van der Waals surface area contributed by atoms with Crippen molar-refractivity contribution < 1.29 is 4.79 Å². The Morgan fingerprint density at radius 3 is 2.30 bits per heavy atom. The molecule has 116 valence electrons. The van der Waals surface area contributed by atoms with Crippen molar-refractivity contribution in [1.29, 1.82) is 0 Å². The zero-order valence-corrected chi connectivity index (χ0v) is 13.8. The van der Waals surface area contributed by atoms with Crippen LogP contribution in [0.25, 0.3) is 11.1 Å². The van der Waals surface area contributed by atoms with Crippen LogP contribution in [0.5, 0.6) is 0 Å². The number of benzene rings is 2. The van der Waals surface area contributed by atoms with Crippen LogP contribution in [-0.2, 0) is 11.2 Å². The van der Waals surface area contributed by atoms with E-state index in [2.05, 4.69) is 41.7 Å². The number of carbonyl (C=O) groups is 1. The second kappa shape index (κ2) is 7.25. The number of hydrogen-bond donors (Lipinski definition) is 1. The predicted molar refractivity (Wildman–Crippen MR) is 96.5 cm³/mol. The highest BCUT2D eigenvalue weighted by atomic mass is 32.1. The smallest absolute Gasteiger partial charge is 0.225 e. The third kappa shape index (κ3) is 4.08. The van der Waals surface area contributed by atoms with Crippen LogP contribution in [0.3, 0.4) is 0 Å². The largest absolute Gasteiger partial charge is 0.349 e. The van der Waals surface area contributed by atoms with Gasteiger partial charge in [0.1, 0.15) is 0 Å². The molecule has 0 saturated heterocycles. The van der Waals surface area contributed by atoms with E-state index < -0.39 is 0 Å². The molecule has 1 heterocycles. The van der Waals surface area contributed by atoms with E-state index in [1.165, 1.54) is 11.1 Å². The molecule has 0 spiro atoms. The molecule has 1 amide bonds. The summed E-state index contributed by atoms with van der Waals surface area (Å²) < 4.78 is 0. The molecule has 0 aliphatic carbocycles. The Morgan fingerprint density at radius 1 is 0.957 bits per heavy atom. The van der Waals surface area contributed by atoms with Gasteiger partial charge in [0.15, 0.2) is 0 Å². The Bertz CT molecular complexity index is 748. The molecular weight excluding hydrogens is 302 g/mol. The highest BCUT2D eigenvalue weighted by Gasteiger charge is 2.10. The first-order chi connectivity index (χ1) is 11.2. The first kappa shape index (κ1) is 15.5. The standard InChI is InChI=1S/C20H19NOS/c1-15(21-20(22)14-19-8-5-13-23-19)16-9-11-18(12-10-16)17-6-3-2-4-7-17/h2-13,15H,14H2,1H3,(H,21,22)/t15-/m1/s1. The van der Waals surface area contributed by atoms with Gasteiger partial charge in [-0.3, -0.25) is 4.79 Å². The van der Waals surface area contributed by atoms with E-state index in [1.807, 2.05) is 42.6 Å². The van der Waals surface area contributed by atoms with Gasteiger partial charge in [-0.05, 0) is 35.1 Å². The van der Waals surface area contributed by atoms with Crippen LogP contribution in [0, 0.1) is 0 Å². The summed E-state index contributed by atoms with van der Waals surface area (Å²) in [5, 5.41) is 5.06. The zero-order valence-electron chi connectivity index (χ0n) is 13.0. The number of amides is 1. The van der Waals surface area contributed by atoms with Gasteiger partial charge >= 0.3 is 0 Å². The molecule has 1 aromatic heterocycles. The number of rotatable bonds is 5. The summed E-state index contributed by atoms with van der Waals surface area (Å²) >= 11 is 1.61. The van der Waals surface area contributed by atoms with E-state index in [-0.39, 0.29) is 11.9 Å². The van der Waals surface area contributed by atoms with Gasteiger partial charge in [-0.25, -0.2) is 0 Å². The van der Waals surface area contributed by atoms with Crippen LogP contribution in [0.15, 0.2) is 72.1 Å². The molecule has 0 aliphatic rings. The minimum absolute atomic E-state index is 0.00675. The monoisotopic (exact) mass is 321 g/mol. The topological polar surface area (TPSA) is 29.1 Å². The third-order valence-corrected chi connectivity index (χ3v) is 4.69. The fourth-order valence-corrected chi connectivity index (χ4v) is 3.25. The van der Waals surface area contributed by atoms with Gasteiger partial charge in [-0.1, -0.05) is 60.7 Å². The van der Waals surface area contributed by atoms with Gasteiger partial charge in [0, 0.05) is 4.88 Å². The molecular formula is C20H19NOS. The van der Waals surface area contributed by atoms with Crippen LogP contribution in [0.4, 0.5) is 0 Å². The molecule has 23 heavy (non-hydrogen) atoms. The second-order valence-corrected chi connectivity index (χ2v) is 6.57. The number of nitrogens with one attached hydrogen (secondary N) is 1. The van der Waals surface area contributed by atoms with E-state index in [0.29, 0.717) is 6.42 Å². The summed E-state index contributed by atoms with van der Waals surface area (Å²) in [6.45, 7) is 2.02. The molecule has 3 rings (SSSR count). The van der Waals surface area contributed by atoms with Gasteiger partial charge < -0.3 is 5.32 Å². The molecule has 0 radical (unpaired) electrons. The summed E-state index contributed by atoms with van der Waals surface area (Å²) in [6.07, 6.45) is 0.449. The van der Waals surface area contributed by atoms with Crippen molar-refractivity contribution in [3.63, 3.8) is 0 Å². The minimum Gasteiger partial charge on any atom is -0.349 e. The molecule has 0 aliphatic heterocycles. The van der Waals surface area contributed by atoms with E-state index in [9.17, 15) is 4.79 Å². The summed E-state index contributed by atoms with van der Waals surface area (Å²) in [4.78, 5) is 13.2. The maximum Gasteiger partial charge on any atom is 0.225 e. The normalized spacial score (nSPS) is 11.9. The minimum atomic E-state index is 0.00675. The van der Waals surface area contributed by atoms with Gasteiger partial charge in [-0.2, -0.15) is 0 Å². The number of hydrogen-bond acceptors (Lipinski definition) is 2. The fourth-order valence-electron chi connectivity index (χ4n) is 2.54. The van der Waals surface area contributed by atoms with E-state index in [4.69, 9.17) is 0 Å². The molecule has 3 heteroatoms. The van der Waals surface area contributed by atoms with Crippen molar-refractivity contribution in [3.05, 3.63) is 82.6 Å². The summed E-state index contributed by atoms with van der Waals surface area (Å²) in [5.41, 5.74) is 3.50. The van der Waals surface area contributed by atoms with Gasteiger partial charge in [-0.15, -0.1) is 11.3 Å². The lowest BCUT2D eigenvalue weighted by atomic mass is 10.0. The Morgan fingerprint density at radius 2 is 1.65 bits per heavy atom. The Kier molecular flexibility index (Phi) is 4.89. The average molecular weight is 321 g/mol. The zero-order chi connectivity index (χ0) is 16.1. The summed E-state index contributed by atoms with van der Waals surface area (Å²) in [5.74, 6) is 0.0621. The van der Waals surface area contributed by atoms with Crippen LogP contribution in [0.2, 0.25) is 0 Å². The first-order valence-corrected chi connectivity index (χ1v) is 8.57. The molecule has 0 unspecified atom stereocenters. The Balaban J connectivity index is 1.63. The van der Waals surface area contributed by atoms with E-state index in [0.717, 1.165) is 10.4 Å². The predicted octanol–water partition coefficient (Wildman–Crippen LogP) is 4.84. The molecule has 0 fully saturated rings. The Labute approximate surface area is 140 Å². The van der Waals surface area contributed by atoms with Crippen LogP contribution in [-0.4, -0.2) is 5.91 Å². The van der Waals surface area contributed by atoms with Crippen molar-refractivity contribution in [2.75, 3.05) is 0 Å². The van der Waals surface area contributed by atoms with Gasteiger partial charge in [0.05, 0.1) is 12.5 Å². The Hall–Kier alpha value is -2.39. The average Bonchev–Trinajstić information content (AvgIpc) is 3.08. The highest BCUT2D eigenvalue weighted by Crippen LogP contribution is 2.22. The molecule has 1 N–H and O–H groups in total. The lowest BCUT2D eigenvalue weighted by Crippen LogP contribution is -2.27. The highest BCUT2D eigenvalue weighted by molar-refractivity contribution is 7.10. The van der Waals surface area contributed by atoms with Crippen LogP contribution in [0.1, 0.15) is 23.4 Å². The van der Waals surface area contributed by atoms with Crippen molar-refractivity contribution in [3.8, 4) is 11.1 Å². The summed E-state index contributed by atoms with van der Waals surface area (Å²) in [7, 11) is 0.